The van der Waals surface area contributed by atoms with Crippen LogP contribution in [0.2, 0.25) is 0 Å². The van der Waals surface area contributed by atoms with Crippen molar-refractivity contribution in [2.24, 2.45) is 4.99 Å². The molecule has 0 fully saturated rings. The van der Waals surface area contributed by atoms with Crippen LogP contribution in [-0.2, 0) is 6.54 Å². The van der Waals surface area contributed by atoms with Gasteiger partial charge < -0.3 is 15.0 Å². The van der Waals surface area contributed by atoms with Gasteiger partial charge in [0.05, 0.1) is 11.4 Å². The number of benzene rings is 2. The van der Waals surface area contributed by atoms with Crippen LogP contribution in [0.4, 0.5) is 10.5 Å². The minimum atomic E-state index is -0.998. The summed E-state index contributed by atoms with van der Waals surface area (Å²) in [6, 6.07) is 18.0. The Labute approximate surface area is 163 Å². The number of rotatable bonds is 6. The van der Waals surface area contributed by atoms with E-state index in [1.807, 2.05) is 42.5 Å². The average Bonchev–Trinajstić information content (AvgIpc) is 3.02. The molecule has 134 valence electrons. The number of aromatic nitrogens is 1. The van der Waals surface area contributed by atoms with E-state index in [0.717, 1.165) is 26.2 Å². The van der Waals surface area contributed by atoms with Crippen molar-refractivity contribution < 1.29 is 9.90 Å². The van der Waals surface area contributed by atoms with Crippen molar-refractivity contribution in [1.29, 1.82) is 0 Å². The first-order chi connectivity index (χ1) is 12.6. The van der Waals surface area contributed by atoms with E-state index in [4.69, 9.17) is 10.1 Å². The SMILES string of the molecule is O=C(O)NCCCn1c(-c2ccc(Br)cc2)cs/c1=N/c1ccccc1. The summed E-state index contributed by atoms with van der Waals surface area (Å²) in [5.41, 5.74) is 3.08. The highest BCUT2D eigenvalue weighted by molar-refractivity contribution is 9.10. The standard InChI is InChI=1S/C19H18BrN3O2S/c20-15-9-7-14(8-10-15)17-13-26-18(22-16-5-2-1-3-6-16)23(17)12-4-11-21-19(24)25/h1-3,5-10,13,21H,4,11-12H2,(H,24,25)/b22-18+. The van der Waals surface area contributed by atoms with Crippen molar-refractivity contribution in [2.45, 2.75) is 13.0 Å². The quantitative estimate of drug-likeness (QED) is 0.546. The van der Waals surface area contributed by atoms with Crippen LogP contribution < -0.4 is 10.1 Å². The van der Waals surface area contributed by atoms with Gasteiger partial charge in [0.15, 0.2) is 4.80 Å². The molecule has 0 unspecified atom stereocenters. The fourth-order valence-corrected chi connectivity index (χ4v) is 3.75. The van der Waals surface area contributed by atoms with Gasteiger partial charge in [-0.3, -0.25) is 0 Å². The highest BCUT2D eigenvalue weighted by Crippen LogP contribution is 2.23. The van der Waals surface area contributed by atoms with Gasteiger partial charge in [-0.15, -0.1) is 11.3 Å². The summed E-state index contributed by atoms with van der Waals surface area (Å²) in [5.74, 6) is 0. The molecular formula is C19H18BrN3O2S. The molecule has 7 heteroatoms. The molecule has 1 heterocycles. The summed E-state index contributed by atoms with van der Waals surface area (Å²) in [4.78, 5) is 16.3. The van der Waals surface area contributed by atoms with Crippen molar-refractivity contribution in [3.63, 3.8) is 0 Å². The summed E-state index contributed by atoms with van der Waals surface area (Å²) in [5, 5.41) is 13.2. The molecule has 3 rings (SSSR count). The minimum absolute atomic E-state index is 0.405. The molecule has 1 aromatic heterocycles. The second kappa shape index (κ2) is 8.82. The molecule has 0 saturated heterocycles. The molecule has 0 atom stereocenters. The lowest BCUT2D eigenvalue weighted by molar-refractivity contribution is 0.194. The molecule has 0 spiro atoms. The third kappa shape index (κ3) is 4.83. The minimum Gasteiger partial charge on any atom is -0.465 e. The Morgan fingerprint density at radius 1 is 1.15 bits per heavy atom. The predicted molar refractivity (Wildman–Crippen MR) is 108 cm³/mol. The van der Waals surface area contributed by atoms with Gasteiger partial charge in [-0.1, -0.05) is 46.3 Å². The molecule has 2 N–H and O–H groups in total. The van der Waals surface area contributed by atoms with Crippen LogP contribution in [0.1, 0.15) is 6.42 Å². The molecule has 0 radical (unpaired) electrons. The van der Waals surface area contributed by atoms with E-state index in [-0.39, 0.29) is 0 Å². The lowest BCUT2D eigenvalue weighted by Crippen LogP contribution is -2.24. The lowest BCUT2D eigenvalue weighted by atomic mass is 10.2. The second-order valence-electron chi connectivity index (χ2n) is 5.59. The summed E-state index contributed by atoms with van der Waals surface area (Å²) in [7, 11) is 0. The molecule has 0 aliphatic rings. The molecular weight excluding hydrogens is 414 g/mol. The van der Waals surface area contributed by atoms with Crippen LogP contribution in [0.15, 0.2) is 69.4 Å². The zero-order valence-corrected chi connectivity index (χ0v) is 16.3. The largest absolute Gasteiger partial charge is 0.465 e. The van der Waals surface area contributed by atoms with Gasteiger partial charge in [-0.25, -0.2) is 9.79 Å². The first kappa shape index (κ1) is 18.4. The third-order valence-corrected chi connectivity index (χ3v) is 5.15. The fraction of sp³-hybridized carbons (Fsp3) is 0.158. The van der Waals surface area contributed by atoms with Crippen molar-refractivity contribution in [2.75, 3.05) is 6.54 Å². The number of halogens is 1. The van der Waals surface area contributed by atoms with Gasteiger partial charge in [0.2, 0.25) is 0 Å². The highest BCUT2D eigenvalue weighted by atomic mass is 79.9. The van der Waals surface area contributed by atoms with E-state index in [1.165, 1.54) is 0 Å². The van der Waals surface area contributed by atoms with Gasteiger partial charge in [0.1, 0.15) is 0 Å². The van der Waals surface area contributed by atoms with Gasteiger partial charge in [-0.05, 0) is 36.2 Å². The average molecular weight is 432 g/mol. The smallest absolute Gasteiger partial charge is 0.404 e. The summed E-state index contributed by atoms with van der Waals surface area (Å²) < 4.78 is 3.17. The van der Waals surface area contributed by atoms with Gasteiger partial charge in [0.25, 0.3) is 0 Å². The molecule has 0 aliphatic carbocycles. The molecule has 1 amide bonds. The normalized spacial score (nSPS) is 11.5. The maximum absolute atomic E-state index is 10.7. The van der Waals surface area contributed by atoms with Crippen LogP contribution in [0, 0.1) is 0 Å². The van der Waals surface area contributed by atoms with Crippen LogP contribution in [-0.4, -0.2) is 22.3 Å². The van der Waals surface area contributed by atoms with Gasteiger partial charge in [-0.2, -0.15) is 0 Å². The molecule has 0 aliphatic heterocycles. The van der Waals surface area contributed by atoms with Crippen molar-refractivity contribution in [3.8, 4) is 11.3 Å². The monoisotopic (exact) mass is 431 g/mol. The number of hydrogen-bond donors (Lipinski definition) is 2. The Balaban J connectivity index is 1.95. The zero-order chi connectivity index (χ0) is 18.4. The Kier molecular flexibility index (Phi) is 6.25. The number of thiazole rings is 1. The lowest BCUT2D eigenvalue weighted by Gasteiger charge is -2.09. The van der Waals surface area contributed by atoms with E-state index in [9.17, 15) is 4.79 Å². The summed E-state index contributed by atoms with van der Waals surface area (Å²) in [6.45, 7) is 1.09. The Morgan fingerprint density at radius 3 is 2.58 bits per heavy atom. The zero-order valence-electron chi connectivity index (χ0n) is 13.9. The second-order valence-corrected chi connectivity index (χ2v) is 7.35. The van der Waals surface area contributed by atoms with E-state index in [1.54, 1.807) is 11.3 Å². The molecule has 0 bridgehead atoms. The maximum Gasteiger partial charge on any atom is 0.404 e. The van der Waals surface area contributed by atoms with Crippen LogP contribution in [0.3, 0.4) is 0 Å². The number of carbonyl (C=O) groups is 1. The fourth-order valence-electron chi connectivity index (χ4n) is 2.53. The van der Waals surface area contributed by atoms with Crippen LogP contribution in [0.5, 0.6) is 0 Å². The summed E-state index contributed by atoms with van der Waals surface area (Å²) in [6.07, 6.45) is -0.309. The molecule has 0 saturated carbocycles. The van der Waals surface area contributed by atoms with Crippen molar-refractivity contribution >= 4 is 39.0 Å². The highest BCUT2D eigenvalue weighted by Gasteiger charge is 2.08. The molecule has 3 aromatic rings. The maximum atomic E-state index is 10.7. The third-order valence-electron chi connectivity index (χ3n) is 3.75. The Hall–Kier alpha value is -2.38. The Morgan fingerprint density at radius 2 is 1.88 bits per heavy atom. The van der Waals surface area contributed by atoms with Crippen molar-refractivity contribution in [1.82, 2.24) is 9.88 Å². The molecule has 5 nitrogen and oxygen atoms in total. The van der Waals surface area contributed by atoms with Crippen molar-refractivity contribution in [3.05, 3.63) is 69.3 Å². The van der Waals surface area contributed by atoms with Gasteiger partial charge >= 0.3 is 6.09 Å². The number of amides is 1. The van der Waals surface area contributed by atoms with Crippen LogP contribution >= 0.6 is 27.3 Å². The number of hydrogen-bond acceptors (Lipinski definition) is 3. The molecule has 2 aromatic carbocycles. The van der Waals surface area contributed by atoms with E-state index >= 15 is 0 Å². The van der Waals surface area contributed by atoms with E-state index < -0.39 is 6.09 Å². The van der Waals surface area contributed by atoms with Crippen LogP contribution in [0.25, 0.3) is 11.3 Å². The Bertz CT molecular complexity index is 933. The number of carboxylic acid groups (broad SMARTS) is 1. The topological polar surface area (TPSA) is 66.6 Å². The number of para-hydroxylation sites is 1. The van der Waals surface area contributed by atoms with E-state index in [0.29, 0.717) is 19.5 Å². The first-order valence-electron chi connectivity index (χ1n) is 8.14. The molecule has 26 heavy (non-hydrogen) atoms. The summed E-state index contributed by atoms with van der Waals surface area (Å²) >= 11 is 5.05. The van der Waals surface area contributed by atoms with Gasteiger partial charge in [0, 0.05) is 22.9 Å². The first-order valence-corrected chi connectivity index (χ1v) is 9.81. The van der Waals surface area contributed by atoms with E-state index in [2.05, 4.69) is 43.3 Å². The predicted octanol–water partition coefficient (Wildman–Crippen LogP) is 4.87. The number of nitrogens with one attached hydrogen (secondary N) is 1. The number of nitrogens with zero attached hydrogens (tertiary/aromatic N) is 2.